The Morgan fingerprint density at radius 3 is 2.57 bits per heavy atom. The second-order valence-electron chi connectivity index (χ2n) is 3.77. The molecule has 78 valence electrons. The molecule has 0 aliphatic heterocycles. The number of carbonyl (C=O) groups is 2. The first-order valence-corrected chi connectivity index (χ1v) is 4.65. The maximum Gasteiger partial charge on any atom is 0.223 e. The first-order chi connectivity index (χ1) is 6.56. The summed E-state index contributed by atoms with van der Waals surface area (Å²) in [5, 5.41) is 10.6. The van der Waals surface area contributed by atoms with Gasteiger partial charge in [0.2, 0.25) is 6.04 Å². The smallest absolute Gasteiger partial charge is 0.223 e. The fourth-order valence-corrected chi connectivity index (χ4v) is 1.94. The van der Waals surface area contributed by atoms with Crippen LogP contribution in [0.15, 0.2) is 0 Å². The van der Waals surface area contributed by atoms with Crippen molar-refractivity contribution < 1.29 is 14.5 Å². The van der Waals surface area contributed by atoms with Crippen LogP contribution in [0.25, 0.3) is 0 Å². The van der Waals surface area contributed by atoms with E-state index < -0.39 is 16.9 Å². The lowest BCUT2D eigenvalue weighted by Gasteiger charge is -2.26. The zero-order valence-electron chi connectivity index (χ0n) is 8.01. The summed E-state index contributed by atoms with van der Waals surface area (Å²) >= 11 is 0. The molecule has 3 atom stereocenters. The van der Waals surface area contributed by atoms with E-state index in [0.717, 1.165) is 0 Å². The number of nitrogens with zero attached hydrogens (tertiary/aromatic N) is 1. The number of hydrogen-bond acceptors (Lipinski definition) is 4. The van der Waals surface area contributed by atoms with Gasteiger partial charge in [0.05, 0.1) is 5.92 Å². The molecule has 5 heteroatoms. The van der Waals surface area contributed by atoms with Gasteiger partial charge in [0.1, 0.15) is 12.1 Å². The van der Waals surface area contributed by atoms with Crippen LogP contribution in [0.3, 0.4) is 0 Å². The highest BCUT2D eigenvalue weighted by atomic mass is 16.6. The molecule has 0 bridgehead atoms. The Labute approximate surface area is 81.6 Å². The van der Waals surface area contributed by atoms with Crippen molar-refractivity contribution in [3.63, 3.8) is 0 Å². The third kappa shape index (κ3) is 2.16. The van der Waals surface area contributed by atoms with Crippen LogP contribution in [0.2, 0.25) is 0 Å². The Morgan fingerprint density at radius 2 is 2.14 bits per heavy atom. The van der Waals surface area contributed by atoms with Crippen LogP contribution >= 0.6 is 0 Å². The average Bonchev–Trinajstić information content (AvgIpc) is 2.16. The van der Waals surface area contributed by atoms with Crippen molar-refractivity contribution in [2.75, 3.05) is 0 Å². The molecule has 0 heterocycles. The standard InChI is InChI=1S/C9H13NO4/c1-6(12)7-2-3-8(5-11)9(4-7)10(13)14/h5,7-9H,2-4H2,1H3. The summed E-state index contributed by atoms with van der Waals surface area (Å²) in [4.78, 5) is 31.8. The van der Waals surface area contributed by atoms with Crippen LogP contribution in [0, 0.1) is 22.0 Å². The SMILES string of the molecule is CC(=O)C1CCC(C=O)C([N+](=O)[O-])C1. The van der Waals surface area contributed by atoms with Gasteiger partial charge < -0.3 is 4.79 Å². The molecule has 1 fully saturated rings. The molecule has 3 unspecified atom stereocenters. The van der Waals surface area contributed by atoms with E-state index in [9.17, 15) is 19.7 Å². The quantitative estimate of drug-likeness (QED) is 0.383. The van der Waals surface area contributed by atoms with Gasteiger partial charge in [-0.1, -0.05) is 0 Å². The van der Waals surface area contributed by atoms with Crippen LogP contribution in [-0.4, -0.2) is 23.0 Å². The van der Waals surface area contributed by atoms with Crippen molar-refractivity contribution in [2.45, 2.75) is 32.2 Å². The highest BCUT2D eigenvalue weighted by molar-refractivity contribution is 5.78. The van der Waals surface area contributed by atoms with Crippen LogP contribution in [0.4, 0.5) is 0 Å². The van der Waals surface area contributed by atoms with Gasteiger partial charge in [-0.15, -0.1) is 0 Å². The zero-order valence-corrected chi connectivity index (χ0v) is 8.01. The van der Waals surface area contributed by atoms with E-state index in [-0.39, 0.29) is 18.1 Å². The maximum atomic E-state index is 11.1. The summed E-state index contributed by atoms with van der Waals surface area (Å²) in [7, 11) is 0. The molecule has 1 rings (SSSR count). The van der Waals surface area contributed by atoms with E-state index in [2.05, 4.69) is 0 Å². The lowest BCUT2D eigenvalue weighted by atomic mass is 9.78. The Kier molecular flexibility index (Phi) is 3.33. The number of hydrogen-bond donors (Lipinski definition) is 0. The zero-order chi connectivity index (χ0) is 10.7. The minimum absolute atomic E-state index is 0.0128. The molecule has 14 heavy (non-hydrogen) atoms. The molecular formula is C9H13NO4. The topological polar surface area (TPSA) is 77.3 Å². The number of rotatable bonds is 3. The lowest BCUT2D eigenvalue weighted by molar-refractivity contribution is -0.533. The largest absolute Gasteiger partial charge is 0.303 e. The lowest BCUT2D eigenvalue weighted by Crippen LogP contribution is -2.38. The van der Waals surface area contributed by atoms with E-state index in [1.54, 1.807) is 0 Å². The molecule has 0 aromatic rings. The van der Waals surface area contributed by atoms with E-state index in [4.69, 9.17) is 0 Å². The van der Waals surface area contributed by atoms with Crippen molar-refractivity contribution in [2.24, 2.45) is 11.8 Å². The van der Waals surface area contributed by atoms with E-state index in [0.29, 0.717) is 19.1 Å². The number of aldehydes is 1. The van der Waals surface area contributed by atoms with Crippen molar-refractivity contribution in [1.82, 2.24) is 0 Å². The fourth-order valence-electron chi connectivity index (χ4n) is 1.94. The molecule has 0 radical (unpaired) electrons. The molecule has 0 aromatic heterocycles. The minimum atomic E-state index is -0.866. The van der Waals surface area contributed by atoms with Crippen LogP contribution < -0.4 is 0 Å². The van der Waals surface area contributed by atoms with E-state index in [1.807, 2.05) is 0 Å². The van der Waals surface area contributed by atoms with Crippen molar-refractivity contribution in [3.8, 4) is 0 Å². The number of nitro groups is 1. The summed E-state index contributed by atoms with van der Waals surface area (Å²) < 4.78 is 0. The normalized spacial score (nSPS) is 32.2. The summed E-state index contributed by atoms with van der Waals surface area (Å²) in [6.45, 7) is 1.45. The van der Waals surface area contributed by atoms with Gasteiger partial charge in [0.25, 0.3) is 0 Å². The molecule has 0 N–H and O–H groups in total. The minimum Gasteiger partial charge on any atom is -0.303 e. The molecular weight excluding hydrogens is 186 g/mol. The van der Waals surface area contributed by atoms with Gasteiger partial charge in [-0.2, -0.15) is 0 Å². The first-order valence-electron chi connectivity index (χ1n) is 4.65. The Morgan fingerprint density at radius 1 is 1.50 bits per heavy atom. The molecule has 0 amide bonds. The van der Waals surface area contributed by atoms with Gasteiger partial charge in [0, 0.05) is 17.3 Å². The second kappa shape index (κ2) is 4.30. The number of Topliss-reactive ketones (excluding diaryl/α,β-unsaturated/α-hetero) is 1. The van der Waals surface area contributed by atoms with Crippen LogP contribution in [0.5, 0.6) is 0 Å². The highest BCUT2D eigenvalue weighted by Gasteiger charge is 2.39. The van der Waals surface area contributed by atoms with Crippen LogP contribution in [0.1, 0.15) is 26.2 Å². The second-order valence-corrected chi connectivity index (χ2v) is 3.77. The monoisotopic (exact) mass is 199 g/mol. The average molecular weight is 199 g/mol. The predicted molar refractivity (Wildman–Crippen MR) is 48.4 cm³/mol. The van der Waals surface area contributed by atoms with Gasteiger partial charge in [-0.05, 0) is 19.8 Å². The molecule has 0 aromatic carbocycles. The molecule has 0 spiro atoms. The summed E-state index contributed by atoms with van der Waals surface area (Å²) in [6.07, 6.45) is 1.91. The van der Waals surface area contributed by atoms with Crippen molar-refractivity contribution in [3.05, 3.63) is 10.1 Å². The Balaban J connectivity index is 2.71. The van der Waals surface area contributed by atoms with Gasteiger partial charge in [-0.3, -0.25) is 14.9 Å². The number of carbonyl (C=O) groups excluding carboxylic acids is 2. The van der Waals surface area contributed by atoms with Crippen molar-refractivity contribution in [1.29, 1.82) is 0 Å². The van der Waals surface area contributed by atoms with Crippen molar-refractivity contribution >= 4 is 12.1 Å². The fraction of sp³-hybridized carbons (Fsp3) is 0.778. The first kappa shape index (κ1) is 10.8. The Hall–Kier alpha value is -1.26. The third-order valence-corrected chi connectivity index (χ3v) is 2.89. The molecule has 1 saturated carbocycles. The summed E-state index contributed by atoms with van der Waals surface area (Å²) in [5.74, 6) is -0.761. The highest BCUT2D eigenvalue weighted by Crippen LogP contribution is 2.30. The molecule has 5 nitrogen and oxygen atoms in total. The van der Waals surface area contributed by atoms with E-state index >= 15 is 0 Å². The molecule has 1 aliphatic rings. The Bertz CT molecular complexity index is 264. The summed E-state index contributed by atoms with van der Waals surface area (Å²) in [5.41, 5.74) is 0. The summed E-state index contributed by atoms with van der Waals surface area (Å²) in [6, 6.07) is -0.866. The number of ketones is 1. The molecule has 0 saturated heterocycles. The third-order valence-electron chi connectivity index (χ3n) is 2.89. The van der Waals surface area contributed by atoms with Gasteiger partial charge in [0.15, 0.2) is 0 Å². The predicted octanol–water partition coefficient (Wildman–Crippen LogP) is 0.836. The van der Waals surface area contributed by atoms with Gasteiger partial charge in [-0.25, -0.2) is 0 Å². The van der Waals surface area contributed by atoms with E-state index in [1.165, 1.54) is 6.92 Å². The maximum absolute atomic E-state index is 11.1. The van der Waals surface area contributed by atoms with Gasteiger partial charge >= 0.3 is 0 Å². The van der Waals surface area contributed by atoms with Crippen LogP contribution in [-0.2, 0) is 9.59 Å². The molecule has 1 aliphatic carbocycles.